The Morgan fingerprint density at radius 2 is 2.05 bits per heavy atom. The van der Waals surface area contributed by atoms with Crippen LogP contribution in [0.15, 0.2) is 0 Å². The second kappa shape index (κ2) is 6.55. The van der Waals surface area contributed by atoms with Gasteiger partial charge in [0, 0.05) is 32.2 Å². The molecule has 2 aliphatic rings. The lowest BCUT2D eigenvalue weighted by Gasteiger charge is -2.46. The molecular weight excluding hydrogens is 234 g/mol. The maximum absolute atomic E-state index is 6.17. The highest BCUT2D eigenvalue weighted by Crippen LogP contribution is 2.39. The average Bonchev–Trinajstić information content (AvgIpc) is 2.39. The molecule has 0 aromatic heterocycles. The fourth-order valence-corrected chi connectivity index (χ4v) is 4.32. The second-order valence-electron chi connectivity index (χ2n) is 7.12. The van der Waals surface area contributed by atoms with Crippen molar-refractivity contribution < 1.29 is 0 Å². The molecular formula is C16H33N3. The molecule has 3 atom stereocenters. The molecule has 1 heterocycles. The van der Waals surface area contributed by atoms with E-state index in [9.17, 15) is 0 Å². The van der Waals surface area contributed by atoms with Gasteiger partial charge in [0.2, 0.25) is 0 Å². The summed E-state index contributed by atoms with van der Waals surface area (Å²) in [4.78, 5) is 5.27. The van der Waals surface area contributed by atoms with E-state index < -0.39 is 0 Å². The summed E-state index contributed by atoms with van der Waals surface area (Å²) in [6.07, 6.45) is 5.46. The Labute approximate surface area is 119 Å². The molecule has 0 aromatic carbocycles. The molecule has 1 aliphatic heterocycles. The fourth-order valence-electron chi connectivity index (χ4n) is 4.32. The van der Waals surface area contributed by atoms with E-state index in [0.29, 0.717) is 11.5 Å². The first-order valence-electron chi connectivity index (χ1n) is 8.25. The van der Waals surface area contributed by atoms with Crippen molar-refractivity contribution >= 4 is 0 Å². The average molecular weight is 267 g/mol. The lowest BCUT2D eigenvalue weighted by Crippen LogP contribution is -2.55. The van der Waals surface area contributed by atoms with Gasteiger partial charge in [-0.2, -0.15) is 0 Å². The van der Waals surface area contributed by atoms with Crippen LogP contribution in [0.3, 0.4) is 0 Å². The lowest BCUT2D eigenvalue weighted by molar-refractivity contribution is 0.0334. The molecule has 2 N–H and O–H groups in total. The third kappa shape index (κ3) is 3.71. The smallest absolute Gasteiger partial charge is 0.0195 e. The van der Waals surface area contributed by atoms with Crippen LogP contribution in [-0.4, -0.2) is 55.1 Å². The van der Waals surface area contributed by atoms with E-state index in [1.807, 2.05) is 0 Å². The first-order chi connectivity index (χ1) is 9.08. The summed E-state index contributed by atoms with van der Waals surface area (Å²) in [5, 5.41) is 0. The Balaban J connectivity index is 1.92. The highest BCUT2D eigenvalue weighted by Gasteiger charge is 2.36. The minimum absolute atomic E-state index is 0.409. The van der Waals surface area contributed by atoms with Crippen LogP contribution in [0.4, 0.5) is 0 Å². The van der Waals surface area contributed by atoms with E-state index >= 15 is 0 Å². The molecule has 0 aromatic rings. The van der Waals surface area contributed by atoms with Crippen molar-refractivity contribution in [1.82, 2.24) is 9.80 Å². The zero-order valence-corrected chi connectivity index (χ0v) is 13.2. The monoisotopic (exact) mass is 267 g/mol. The lowest BCUT2D eigenvalue weighted by atomic mass is 9.69. The molecule has 1 aliphatic carbocycles. The number of hydrogen-bond acceptors (Lipinski definition) is 3. The second-order valence-corrected chi connectivity index (χ2v) is 7.12. The van der Waals surface area contributed by atoms with Crippen molar-refractivity contribution in [2.24, 2.45) is 17.1 Å². The molecule has 0 spiro atoms. The normalized spacial score (nSPS) is 38.5. The molecule has 2 fully saturated rings. The van der Waals surface area contributed by atoms with Gasteiger partial charge in [0.1, 0.15) is 0 Å². The number of likely N-dealkylation sites (N-methyl/N-ethyl adjacent to an activating group) is 1. The summed E-state index contributed by atoms with van der Waals surface area (Å²) in [5.41, 5.74) is 6.58. The Bertz CT molecular complexity index is 281. The van der Waals surface area contributed by atoms with E-state index in [1.54, 1.807) is 0 Å². The Hall–Kier alpha value is -0.120. The largest absolute Gasteiger partial charge is 0.330 e. The SMILES string of the molecule is CCN1CCN(CC2(CN)CCCC(C)C2)CC1C. The van der Waals surface area contributed by atoms with Gasteiger partial charge in [-0.25, -0.2) is 0 Å². The van der Waals surface area contributed by atoms with E-state index in [0.717, 1.165) is 12.5 Å². The Morgan fingerprint density at radius 3 is 2.63 bits per heavy atom. The van der Waals surface area contributed by atoms with Gasteiger partial charge in [0.15, 0.2) is 0 Å². The molecule has 1 saturated heterocycles. The third-order valence-electron chi connectivity index (χ3n) is 5.43. The topological polar surface area (TPSA) is 32.5 Å². The number of piperazine rings is 1. The van der Waals surface area contributed by atoms with Crippen LogP contribution in [0.2, 0.25) is 0 Å². The number of nitrogens with zero attached hydrogens (tertiary/aromatic N) is 2. The fraction of sp³-hybridized carbons (Fsp3) is 1.00. The van der Waals surface area contributed by atoms with Gasteiger partial charge in [0.25, 0.3) is 0 Å². The van der Waals surface area contributed by atoms with Crippen LogP contribution in [0.25, 0.3) is 0 Å². The quantitative estimate of drug-likeness (QED) is 0.847. The molecule has 1 saturated carbocycles. The third-order valence-corrected chi connectivity index (χ3v) is 5.43. The van der Waals surface area contributed by atoms with E-state index in [1.165, 1.54) is 58.4 Å². The van der Waals surface area contributed by atoms with Crippen molar-refractivity contribution in [3.05, 3.63) is 0 Å². The van der Waals surface area contributed by atoms with Crippen molar-refractivity contribution in [2.75, 3.05) is 39.3 Å². The molecule has 2 rings (SSSR count). The standard InChI is InChI=1S/C16H33N3/c1-4-19-9-8-18(11-15(19)3)13-16(12-17)7-5-6-14(2)10-16/h14-15H,4-13,17H2,1-3H3. The summed E-state index contributed by atoms with van der Waals surface area (Å²) in [5.74, 6) is 0.867. The van der Waals surface area contributed by atoms with E-state index in [2.05, 4.69) is 30.6 Å². The molecule has 3 unspecified atom stereocenters. The predicted molar refractivity (Wildman–Crippen MR) is 82.3 cm³/mol. The minimum atomic E-state index is 0.409. The predicted octanol–water partition coefficient (Wildman–Crippen LogP) is 2.17. The molecule has 112 valence electrons. The van der Waals surface area contributed by atoms with Gasteiger partial charge in [-0.3, -0.25) is 9.80 Å². The van der Waals surface area contributed by atoms with E-state index in [4.69, 9.17) is 5.73 Å². The van der Waals surface area contributed by atoms with Crippen molar-refractivity contribution in [3.8, 4) is 0 Å². The van der Waals surface area contributed by atoms with Crippen LogP contribution in [0, 0.1) is 11.3 Å². The maximum Gasteiger partial charge on any atom is 0.0195 e. The molecule has 19 heavy (non-hydrogen) atoms. The summed E-state index contributed by atoms with van der Waals surface area (Å²) < 4.78 is 0. The highest BCUT2D eigenvalue weighted by molar-refractivity contribution is 4.91. The van der Waals surface area contributed by atoms with Gasteiger partial charge in [-0.1, -0.05) is 26.7 Å². The van der Waals surface area contributed by atoms with Gasteiger partial charge in [-0.15, -0.1) is 0 Å². The molecule has 3 heteroatoms. The van der Waals surface area contributed by atoms with Crippen molar-refractivity contribution in [2.45, 2.75) is 52.5 Å². The highest BCUT2D eigenvalue weighted by atomic mass is 15.3. The van der Waals surface area contributed by atoms with Gasteiger partial charge in [-0.05, 0) is 44.2 Å². The Kier molecular flexibility index (Phi) is 5.27. The summed E-state index contributed by atoms with van der Waals surface area (Å²) >= 11 is 0. The zero-order chi connectivity index (χ0) is 13.9. The first-order valence-corrected chi connectivity index (χ1v) is 8.25. The van der Waals surface area contributed by atoms with Gasteiger partial charge >= 0.3 is 0 Å². The summed E-state index contributed by atoms with van der Waals surface area (Å²) in [7, 11) is 0. The van der Waals surface area contributed by atoms with Crippen LogP contribution >= 0.6 is 0 Å². The number of nitrogens with two attached hydrogens (primary N) is 1. The van der Waals surface area contributed by atoms with Gasteiger partial charge in [0.05, 0.1) is 0 Å². The molecule has 3 nitrogen and oxygen atoms in total. The summed E-state index contributed by atoms with van der Waals surface area (Å²) in [6, 6.07) is 0.703. The van der Waals surface area contributed by atoms with E-state index in [-0.39, 0.29) is 0 Å². The van der Waals surface area contributed by atoms with Crippen LogP contribution in [0.5, 0.6) is 0 Å². The molecule has 0 amide bonds. The van der Waals surface area contributed by atoms with Crippen molar-refractivity contribution in [3.63, 3.8) is 0 Å². The Morgan fingerprint density at radius 1 is 1.26 bits per heavy atom. The van der Waals surface area contributed by atoms with Crippen LogP contribution in [-0.2, 0) is 0 Å². The van der Waals surface area contributed by atoms with Crippen LogP contribution < -0.4 is 5.73 Å². The zero-order valence-electron chi connectivity index (χ0n) is 13.2. The van der Waals surface area contributed by atoms with Gasteiger partial charge < -0.3 is 5.73 Å². The maximum atomic E-state index is 6.17. The van der Waals surface area contributed by atoms with Crippen LogP contribution in [0.1, 0.15) is 46.5 Å². The molecule has 0 radical (unpaired) electrons. The number of hydrogen-bond donors (Lipinski definition) is 1. The molecule has 0 bridgehead atoms. The first kappa shape index (κ1) is 15.3. The minimum Gasteiger partial charge on any atom is -0.330 e. The number of rotatable bonds is 4. The van der Waals surface area contributed by atoms with Crippen molar-refractivity contribution in [1.29, 1.82) is 0 Å². The summed E-state index contributed by atoms with van der Waals surface area (Å²) in [6.45, 7) is 14.0.